The lowest BCUT2D eigenvalue weighted by molar-refractivity contribution is -0.146. The van der Waals surface area contributed by atoms with Crippen molar-refractivity contribution >= 4 is 12.1 Å². The molecule has 2 aromatic carbocycles. The molecule has 1 saturated heterocycles. The van der Waals surface area contributed by atoms with E-state index in [0.717, 1.165) is 23.4 Å². The monoisotopic (exact) mass is 448 g/mol. The first kappa shape index (κ1) is 22.5. The molecule has 1 N–H and O–H groups in total. The number of aromatic nitrogens is 2. The highest BCUT2D eigenvalue weighted by Crippen LogP contribution is 2.18. The second-order valence-corrected chi connectivity index (χ2v) is 8.04. The molecule has 0 aliphatic carbocycles. The van der Waals surface area contributed by atoms with Crippen LogP contribution in [0.1, 0.15) is 17.7 Å². The maximum Gasteiger partial charge on any atom is 0.407 e. The van der Waals surface area contributed by atoms with E-state index >= 15 is 0 Å². The van der Waals surface area contributed by atoms with Gasteiger partial charge in [0.2, 0.25) is 0 Å². The molecule has 1 aliphatic heterocycles. The lowest BCUT2D eigenvalue weighted by Crippen LogP contribution is -2.44. The van der Waals surface area contributed by atoms with Crippen LogP contribution < -0.4 is 5.32 Å². The third kappa shape index (κ3) is 5.98. The van der Waals surface area contributed by atoms with Gasteiger partial charge in [-0.3, -0.25) is 9.69 Å². The van der Waals surface area contributed by atoms with Crippen LogP contribution in [0.3, 0.4) is 0 Å². The molecule has 1 amide bonds. The third-order valence-electron chi connectivity index (χ3n) is 5.76. The third-order valence-corrected chi connectivity index (χ3v) is 5.76. The summed E-state index contributed by atoms with van der Waals surface area (Å²) in [6.07, 6.45) is 4.37. The van der Waals surface area contributed by atoms with Crippen LogP contribution >= 0.6 is 0 Å². The van der Waals surface area contributed by atoms with Crippen molar-refractivity contribution in [3.63, 3.8) is 0 Å². The highest BCUT2D eigenvalue weighted by atomic mass is 16.5. The lowest BCUT2D eigenvalue weighted by Gasteiger charge is -2.25. The molecule has 33 heavy (non-hydrogen) atoms. The number of nitrogens with one attached hydrogen (secondary N) is 1. The van der Waals surface area contributed by atoms with Crippen LogP contribution in [0.2, 0.25) is 0 Å². The van der Waals surface area contributed by atoms with Gasteiger partial charge in [0.05, 0.1) is 19.1 Å². The number of rotatable bonds is 8. The first-order valence-corrected chi connectivity index (χ1v) is 11.0. The van der Waals surface area contributed by atoms with Gasteiger partial charge in [-0.25, -0.2) is 9.78 Å². The summed E-state index contributed by atoms with van der Waals surface area (Å²) in [6.45, 7) is 1.43. The SMILES string of the molecule is COC(=O)C(Cc1cn(-c2ccccc2)cn1)N1CCC(NC(=O)OCc2ccccc2)C1. The van der Waals surface area contributed by atoms with Gasteiger partial charge in [-0.2, -0.15) is 0 Å². The van der Waals surface area contributed by atoms with Gasteiger partial charge in [-0.1, -0.05) is 48.5 Å². The fraction of sp³-hybridized carbons (Fsp3) is 0.320. The summed E-state index contributed by atoms with van der Waals surface area (Å²) in [5.74, 6) is -0.309. The number of ether oxygens (including phenoxy) is 2. The number of methoxy groups -OCH3 is 1. The average molecular weight is 449 g/mol. The minimum atomic E-state index is -0.471. The van der Waals surface area contributed by atoms with Crippen molar-refractivity contribution in [2.75, 3.05) is 20.2 Å². The van der Waals surface area contributed by atoms with Crippen LogP contribution in [0.15, 0.2) is 73.2 Å². The number of para-hydroxylation sites is 1. The summed E-state index contributed by atoms with van der Waals surface area (Å²) in [4.78, 5) is 31.3. The van der Waals surface area contributed by atoms with Crippen LogP contribution in [-0.4, -0.2) is 58.8 Å². The summed E-state index contributed by atoms with van der Waals surface area (Å²) in [7, 11) is 1.39. The Kier molecular flexibility index (Phi) is 7.36. The van der Waals surface area contributed by atoms with Crippen molar-refractivity contribution in [2.45, 2.75) is 31.5 Å². The van der Waals surface area contributed by atoms with Crippen molar-refractivity contribution in [3.05, 3.63) is 84.4 Å². The number of carbonyl (C=O) groups excluding carboxylic acids is 2. The Morgan fingerprint density at radius 1 is 1.12 bits per heavy atom. The molecule has 8 nitrogen and oxygen atoms in total. The van der Waals surface area contributed by atoms with E-state index in [9.17, 15) is 9.59 Å². The highest BCUT2D eigenvalue weighted by Gasteiger charge is 2.34. The van der Waals surface area contributed by atoms with Crippen molar-refractivity contribution in [2.24, 2.45) is 0 Å². The topological polar surface area (TPSA) is 85.7 Å². The summed E-state index contributed by atoms with van der Waals surface area (Å²) in [6, 6.07) is 18.9. The van der Waals surface area contributed by atoms with Crippen LogP contribution in [0, 0.1) is 0 Å². The quantitative estimate of drug-likeness (QED) is 0.534. The summed E-state index contributed by atoms with van der Waals surface area (Å²) in [5, 5.41) is 2.91. The van der Waals surface area contributed by atoms with Crippen LogP contribution in [0.5, 0.6) is 0 Å². The number of carbonyl (C=O) groups is 2. The Balaban J connectivity index is 1.33. The van der Waals surface area contributed by atoms with Crippen molar-refractivity contribution in [3.8, 4) is 5.69 Å². The largest absolute Gasteiger partial charge is 0.468 e. The molecule has 3 aromatic rings. The zero-order valence-corrected chi connectivity index (χ0v) is 18.6. The Bertz CT molecular complexity index is 1050. The van der Waals surface area contributed by atoms with E-state index in [1.165, 1.54) is 7.11 Å². The number of likely N-dealkylation sites (tertiary alicyclic amines) is 1. The predicted molar refractivity (Wildman–Crippen MR) is 123 cm³/mol. The number of esters is 1. The predicted octanol–water partition coefficient (Wildman–Crippen LogP) is 2.96. The smallest absolute Gasteiger partial charge is 0.407 e. The molecule has 0 spiro atoms. The van der Waals surface area contributed by atoms with Gasteiger partial charge < -0.3 is 19.4 Å². The number of benzene rings is 2. The van der Waals surface area contributed by atoms with Gasteiger partial charge in [0, 0.05) is 37.4 Å². The van der Waals surface area contributed by atoms with E-state index in [2.05, 4.69) is 10.3 Å². The Morgan fingerprint density at radius 2 is 1.85 bits per heavy atom. The van der Waals surface area contributed by atoms with Gasteiger partial charge in [-0.15, -0.1) is 0 Å². The lowest BCUT2D eigenvalue weighted by atomic mass is 10.1. The molecule has 0 saturated carbocycles. The van der Waals surface area contributed by atoms with Crippen LogP contribution in [-0.2, 0) is 27.3 Å². The van der Waals surface area contributed by atoms with Crippen LogP contribution in [0.4, 0.5) is 4.79 Å². The van der Waals surface area contributed by atoms with Crippen molar-refractivity contribution < 1.29 is 19.1 Å². The minimum Gasteiger partial charge on any atom is -0.468 e. The second kappa shape index (κ2) is 10.8. The summed E-state index contributed by atoms with van der Waals surface area (Å²) >= 11 is 0. The van der Waals surface area contributed by atoms with E-state index in [1.54, 1.807) is 6.33 Å². The first-order chi connectivity index (χ1) is 16.1. The fourth-order valence-corrected chi connectivity index (χ4v) is 4.03. The van der Waals surface area contributed by atoms with E-state index in [-0.39, 0.29) is 18.6 Å². The highest BCUT2D eigenvalue weighted by molar-refractivity contribution is 5.76. The molecule has 8 heteroatoms. The standard InChI is InChI=1S/C25H28N4O4/c1-32-24(30)23(14-21-16-29(18-26-21)22-10-6-3-7-11-22)28-13-12-20(15-28)27-25(31)33-17-19-8-4-2-5-9-19/h2-11,16,18,20,23H,12-15,17H2,1H3,(H,27,31). The molecule has 0 bridgehead atoms. The molecule has 1 aromatic heterocycles. The Labute approximate surface area is 193 Å². The van der Waals surface area contributed by atoms with E-state index in [1.807, 2.05) is 76.3 Å². The second-order valence-electron chi connectivity index (χ2n) is 8.04. The van der Waals surface area contributed by atoms with Gasteiger partial charge in [-0.05, 0) is 24.1 Å². The average Bonchev–Trinajstić information content (AvgIpc) is 3.52. The van der Waals surface area contributed by atoms with E-state index < -0.39 is 12.1 Å². The number of amides is 1. The zero-order valence-electron chi connectivity index (χ0n) is 18.6. The number of hydrogen-bond acceptors (Lipinski definition) is 6. The number of hydrogen-bond donors (Lipinski definition) is 1. The summed E-state index contributed by atoms with van der Waals surface area (Å²) < 4.78 is 12.3. The molecular formula is C25H28N4O4. The molecular weight excluding hydrogens is 420 g/mol. The zero-order chi connectivity index (χ0) is 23.0. The molecule has 2 heterocycles. The van der Waals surface area contributed by atoms with Gasteiger partial charge in [0.15, 0.2) is 0 Å². The number of nitrogens with zero attached hydrogens (tertiary/aromatic N) is 3. The van der Waals surface area contributed by atoms with E-state index in [0.29, 0.717) is 19.5 Å². The Hall–Kier alpha value is -3.65. The maximum absolute atomic E-state index is 12.6. The van der Waals surface area contributed by atoms with Gasteiger partial charge in [0.25, 0.3) is 0 Å². The fourth-order valence-electron chi connectivity index (χ4n) is 4.03. The molecule has 2 atom stereocenters. The molecule has 1 aliphatic rings. The van der Waals surface area contributed by atoms with Gasteiger partial charge in [0.1, 0.15) is 12.6 Å². The first-order valence-electron chi connectivity index (χ1n) is 11.0. The maximum atomic E-state index is 12.6. The van der Waals surface area contributed by atoms with Crippen molar-refractivity contribution in [1.29, 1.82) is 0 Å². The number of alkyl carbamates (subject to hydrolysis) is 1. The molecule has 0 radical (unpaired) electrons. The Morgan fingerprint density at radius 3 is 2.58 bits per heavy atom. The molecule has 4 rings (SSSR count). The number of imidazole rings is 1. The van der Waals surface area contributed by atoms with E-state index in [4.69, 9.17) is 9.47 Å². The molecule has 2 unspecified atom stereocenters. The molecule has 1 fully saturated rings. The molecule has 172 valence electrons. The van der Waals surface area contributed by atoms with Crippen molar-refractivity contribution in [1.82, 2.24) is 19.8 Å². The van der Waals surface area contributed by atoms with Gasteiger partial charge >= 0.3 is 12.1 Å². The minimum absolute atomic E-state index is 0.0951. The summed E-state index contributed by atoms with van der Waals surface area (Å²) in [5.41, 5.74) is 2.74. The normalized spacial score (nSPS) is 16.8. The van der Waals surface area contributed by atoms with Crippen LogP contribution in [0.25, 0.3) is 5.69 Å².